The molecule has 0 fully saturated rings. The Morgan fingerprint density at radius 3 is 2.24 bits per heavy atom. The molecule has 0 spiro atoms. The van der Waals surface area contributed by atoms with E-state index in [4.69, 9.17) is 10.5 Å². The van der Waals surface area contributed by atoms with Gasteiger partial charge in [-0.1, -0.05) is 36.4 Å². The van der Waals surface area contributed by atoms with Crippen molar-refractivity contribution in [3.8, 4) is 11.5 Å². The summed E-state index contributed by atoms with van der Waals surface area (Å²) in [6.07, 6.45) is -4.75. The number of ether oxygens (including phenoxy) is 2. The minimum absolute atomic E-state index is 0.0439. The highest BCUT2D eigenvalue weighted by atomic mass is 19.4. The first-order chi connectivity index (χ1) is 9.96. The van der Waals surface area contributed by atoms with Gasteiger partial charge in [0.2, 0.25) is 0 Å². The van der Waals surface area contributed by atoms with Crippen molar-refractivity contribution in [1.29, 1.82) is 0 Å². The number of hydrogen-bond acceptors (Lipinski definition) is 3. The third-order valence-corrected chi connectivity index (χ3v) is 2.72. The van der Waals surface area contributed by atoms with E-state index in [1.807, 2.05) is 6.07 Å². The standard InChI is InChI=1S/C15H14F3NO2/c16-15(17,18)21-14-9-5-4-8-12(14)13(19)10-20-11-6-2-1-3-7-11/h1-9,13H,10,19H2. The van der Waals surface area contributed by atoms with Crippen LogP contribution in [-0.2, 0) is 0 Å². The van der Waals surface area contributed by atoms with Gasteiger partial charge < -0.3 is 15.2 Å². The molecule has 1 atom stereocenters. The van der Waals surface area contributed by atoms with Crippen LogP contribution in [0.1, 0.15) is 11.6 Å². The molecule has 0 aliphatic carbocycles. The summed E-state index contributed by atoms with van der Waals surface area (Å²) >= 11 is 0. The lowest BCUT2D eigenvalue weighted by Gasteiger charge is -2.18. The van der Waals surface area contributed by atoms with Gasteiger partial charge in [0.25, 0.3) is 0 Å². The van der Waals surface area contributed by atoms with Crippen molar-refractivity contribution in [2.75, 3.05) is 6.61 Å². The molecule has 0 saturated carbocycles. The van der Waals surface area contributed by atoms with Crippen LogP contribution in [0.5, 0.6) is 11.5 Å². The molecule has 0 saturated heterocycles. The molecule has 0 radical (unpaired) electrons. The van der Waals surface area contributed by atoms with Gasteiger partial charge in [-0.25, -0.2) is 0 Å². The monoisotopic (exact) mass is 297 g/mol. The molecule has 0 aliphatic rings. The van der Waals surface area contributed by atoms with Crippen molar-refractivity contribution < 1.29 is 22.6 Å². The average molecular weight is 297 g/mol. The molecular weight excluding hydrogens is 283 g/mol. The molecule has 6 heteroatoms. The molecule has 0 aromatic heterocycles. The fourth-order valence-electron chi connectivity index (χ4n) is 1.80. The second-order valence-corrected chi connectivity index (χ2v) is 4.32. The van der Waals surface area contributed by atoms with E-state index in [9.17, 15) is 13.2 Å². The summed E-state index contributed by atoms with van der Waals surface area (Å²) in [5.74, 6) is 0.288. The topological polar surface area (TPSA) is 44.5 Å². The summed E-state index contributed by atoms with van der Waals surface area (Å²) in [5.41, 5.74) is 6.13. The maximum Gasteiger partial charge on any atom is 0.573 e. The Balaban J connectivity index is 2.07. The molecule has 2 rings (SSSR count). The lowest BCUT2D eigenvalue weighted by atomic mass is 10.1. The highest BCUT2D eigenvalue weighted by molar-refractivity contribution is 5.36. The molecule has 0 bridgehead atoms. The summed E-state index contributed by atoms with van der Waals surface area (Å²) in [6, 6.07) is 13.9. The zero-order chi connectivity index (χ0) is 15.3. The summed E-state index contributed by atoms with van der Waals surface area (Å²) in [7, 11) is 0. The van der Waals surface area contributed by atoms with Gasteiger partial charge in [-0.2, -0.15) is 0 Å². The molecule has 1 unspecified atom stereocenters. The summed E-state index contributed by atoms with van der Waals surface area (Å²) in [6.45, 7) is 0.0439. The Kier molecular flexibility index (Phi) is 4.70. The SMILES string of the molecule is NC(COc1ccccc1)c1ccccc1OC(F)(F)F. The summed E-state index contributed by atoms with van der Waals surface area (Å²) in [4.78, 5) is 0. The van der Waals surface area contributed by atoms with Gasteiger partial charge in [-0.05, 0) is 18.2 Å². The third-order valence-electron chi connectivity index (χ3n) is 2.72. The fraction of sp³-hybridized carbons (Fsp3) is 0.200. The van der Waals surface area contributed by atoms with Crippen molar-refractivity contribution in [3.63, 3.8) is 0 Å². The van der Waals surface area contributed by atoms with Gasteiger partial charge in [0.15, 0.2) is 0 Å². The first-order valence-electron chi connectivity index (χ1n) is 6.24. The Labute approximate surface area is 120 Å². The van der Waals surface area contributed by atoms with Gasteiger partial charge in [0.05, 0.1) is 6.04 Å². The lowest BCUT2D eigenvalue weighted by molar-refractivity contribution is -0.275. The van der Waals surface area contributed by atoms with Crippen molar-refractivity contribution in [2.45, 2.75) is 12.4 Å². The first kappa shape index (κ1) is 15.2. The molecule has 2 aromatic carbocycles. The highest BCUT2D eigenvalue weighted by Gasteiger charge is 2.32. The van der Waals surface area contributed by atoms with Crippen molar-refractivity contribution >= 4 is 0 Å². The van der Waals surface area contributed by atoms with E-state index in [0.29, 0.717) is 5.75 Å². The van der Waals surface area contributed by atoms with Crippen LogP contribution in [0.3, 0.4) is 0 Å². The quantitative estimate of drug-likeness (QED) is 0.916. The van der Waals surface area contributed by atoms with Gasteiger partial charge in [-0.3, -0.25) is 0 Å². The van der Waals surface area contributed by atoms with Gasteiger partial charge in [0, 0.05) is 5.56 Å². The minimum Gasteiger partial charge on any atom is -0.492 e. The van der Waals surface area contributed by atoms with Crippen LogP contribution < -0.4 is 15.2 Å². The van der Waals surface area contributed by atoms with Crippen molar-refractivity contribution in [2.24, 2.45) is 5.73 Å². The first-order valence-corrected chi connectivity index (χ1v) is 6.24. The lowest BCUT2D eigenvalue weighted by Crippen LogP contribution is -2.23. The van der Waals surface area contributed by atoms with Crippen LogP contribution in [0.4, 0.5) is 13.2 Å². The fourth-order valence-corrected chi connectivity index (χ4v) is 1.80. The van der Waals surface area contributed by atoms with E-state index in [-0.39, 0.29) is 17.9 Å². The van der Waals surface area contributed by atoms with Gasteiger partial charge >= 0.3 is 6.36 Å². The molecule has 3 nitrogen and oxygen atoms in total. The van der Waals surface area contributed by atoms with E-state index in [1.165, 1.54) is 18.2 Å². The van der Waals surface area contributed by atoms with Crippen LogP contribution in [0, 0.1) is 0 Å². The van der Waals surface area contributed by atoms with Crippen molar-refractivity contribution in [1.82, 2.24) is 0 Å². The number of hydrogen-bond donors (Lipinski definition) is 1. The Morgan fingerprint density at radius 2 is 1.57 bits per heavy atom. The zero-order valence-corrected chi connectivity index (χ0v) is 11.0. The third kappa shape index (κ3) is 4.68. The molecule has 2 N–H and O–H groups in total. The number of rotatable bonds is 5. The summed E-state index contributed by atoms with van der Waals surface area (Å²) < 4.78 is 46.4. The largest absolute Gasteiger partial charge is 0.573 e. The maximum atomic E-state index is 12.3. The van der Waals surface area contributed by atoms with E-state index in [1.54, 1.807) is 30.3 Å². The molecule has 2 aromatic rings. The second-order valence-electron chi connectivity index (χ2n) is 4.32. The predicted octanol–water partition coefficient (Wildman–Crippen LogP) is 3.66. The molecular formula is C15H14F3NO2. The van der Waals surface area contributed by atoms with Crippen LogP contribution in [0.15, 0.2) is 54.6 Å². The van der Waals surface area contributed by atoms with E-state index < -0.39 is 12.4 Å². The number of benzene rings is 2. The predicted molar refractivity (Wildman–Crippen MR) is 72.0 cm³/mol. The van der Waals surface area contributed by atoms with Crippen LogP contribution in [0.2, 0.25) is 0 Å². The number of para-hydroxylation sites is 2. The minimum atomic E-state index is -4.75. The highest BCUT2D eigenvalue weighted by Crippen LogP contribution is 2.29. The molecule has 0 amide bonds. The normalized spacial score (nSPS) is 12.8. The number of halogens is 3. The number of nitrogens with two attached hydrogens (primary N) is 1. The molecule has 0 heterocycles. The average Bonchev–Trinajstić information content (AvgIpc) is 2.45. The van der Waals surface area contributed by atoms with Crippen LogP contribution in [-0.4, -0.2) is 13.0 Å². The second kappa shape index (κ2) is 6.49. The molecule has 0 aliphatic heterocycles. The van der Waals surface area contributed by atoms with Gasteiger partial charge in [-0.15, -0.1) is 13.2 Å². The zero-order valence-electron chi connectivity index (χ0n) is 11.0. The Bertz CT molecular complexity index is 573. The maximum absolute atomic E-state index is 12.3. The van der Waals surface area contributed by atoms with Crippen molar-refractivity contribution in [3.05, 3.63) is 60.2 Å². The van der Waals surface area contributed by atoms with E-state index in [0.717, 1.165) is 0 Å². The molecule has 112 valence electrons. The number of alkyl halides is 3. The Hall–Kier alpha value is -2.21. The summed E-state index contributed by atoms with van der Waals surface area (Å²) in [5, 5.41) is 0. The van der Waals surface area contributed by atoms with E-state index >= 15 is 0 Å². The van der Waals surface area contributed by atoms with E-state index in [2.05, 4.69) is 4.74 Å². The Morgan fingerprint density at radius 1 is 0.952 bits per heavy atom. The van der Waals surface area contributed by atoms with Gasteiger partial charge in [0.1, 0.15) is 18.1 Å². The van der Waals surface area contributed by atoms with Crippen LogP contribution >= 0.6 is 0 Å². The van der Waals surface area contributed by atoms with Crippen LogP contribution in [0.25, 0.3) is 0 Å². The smallest absolute Gasteiger partial charge is 0.492 e. The molecule has 21 heavy (non-hydrogen) atoms.